The minimum Gasteiger partial charge on any atom is -0.454 e. The fraction of sp³-hybridized carbons (Fsp3) is 0.348. The normalized spacial score (nSPS) is 15.0. The Morgan fingerprint density at radius 3 is 2.71 bits per heavy atom. The lowest BCUT2D eigenvalue weighted by atomic mass is 9.87. The standard InChI is InChI=1S/C23H26N2O3/c1-14(2)15(3)25-23(26)11-18(16-8-9-21-22(10-16)28-13-27-21)19-12-24-20-7-5-4-6-17(19)20/h4-10,12,14-15,18,24H,11,13H2,1-3H3,(H,25,26)/t15-,18-/m1/s1. The first-order chi connectivity index (χ1) is 13.5. The summed E-state index contributed by atoms with van der Waals surface area (Å²) < 4.78 is 11.0. The smallest absolute Gasteiger partial charge is 0.231 e. The molecule has 2 heterocycles. The van der Waals surface area contributed by atoms with Crippen LogP contribution in [0.5, 0.6) is 11.5 Å². The number of fused-ring (bicyclic) bond motifs is 2. The van der Waals surface area contributed by atoms with Crippen molar-refractivity contribution < 1.29 is 14.3 Å². The predicted molar refractivity (Wildman–Crippen MR) is 110 cm³/mol. The molecule has 1 aliphatic heterocycles. The summed E-state index contributed by atoms with van der Waals surface area (Å²) >= 11 is 0. The van der Waals surface area contributed by atoms with Crippen LogP contribution in [0.2, 0.25) is 0 Å². The maximum atomic E-state index is 12.8. The number of hydrogen-bond acceptors (Lipinski definition) is 3. The van der Waals surface area contributed by atoms with Crippen molar-refractivity contribution >= 4 is 16.8 Å². The first kappa shape index (κ1) is 18.4. The molecule has 2 atom stereocenters. The third-order valence-corrected chi connectivity index (χ3v) is 5.57. The molecule has 0 saturated heterocycles. The highest BCUT2D eigenvalue weighted by molar-refractivity contribution is 5.86. The number of nitrogens with one attached hydrogen (secondary N) is 2. The monoisotopic (exact) mass is 378 g/mol. The zero-order chi connectivity index (χ0) is 19.7. The summed E-state index contributed by atoms with van der Waals surface area (Å²) in [6.07, 6.45) is 2.39. The van der Waals surface area contributed by atoms with Crippen LogP contribution in [0.4, 0.5) is 0 Å². The molecule has 0 aliphatic carbocycles. The van der Waals surface area contributed by atoms with Crippen molar-refractivity contribution in [2.75, 3.05) is 6.79 Å². The van der Waals surface area contributed by atoms with Gasteiger partial charge in [0.2, 0.25) is 12.7 Å². The topological polar surface area (TPSA) is 63.4 Å². The van der Waals surface area contributed by atoms with Crippen LogP contribution in [0.25, 0.3) is 10.9 Å². The molecule has 1 aromatic heterocycles. The number of amides is 1. The first-order valence-corrected chi connectivity index (χ1v) is 9.78. The molecule has 3 aromatic rings. The first-order valence-electron chi connectivity index (χ1n) is 9.78. The van der Waals surface area contributed by atoms with E-state index in [1.807, 2.05) is 43.5 Å². The lowest BCUT2D eigenvalue weighted by molar-refractivity contribution is -0.122. The van der Waals surface area contributed by atoms with Crippen LogP contribution in [0.15, 0.2) is 48.7 Å². The Balaban J connectivity index is 1.70. The van der Waals surface area contributed by atoms with Crippen LogP contribution in [0.3, 0.4) is 0 Å². The van der Waals surface area contributed by atoms with E-state index in [1.54, 1.807) is 0 Å². The van der Waals surface area contributed by atoms with E-state index in [-0.39, 0.29) is 24.7 Å². The van der Waals surface area contributed by atoms with Gasteiger partial charge in [-0.25, -0.2) is 0 Å². The Hall–Kier alpha value is -2.95. The summed E-state index contributed by atoms with van der Waals surface area (Å²) in [5, 5.41) is 4.27. The average Bonchev–Trinajstić information content (AvgIpc) is 3.32. The van der Waals surface area contributed by atoms with Gasteiger partial charge in [0.25, 0.3) is 0 Å². The molecule has 0 fully saturated rings. The number of carbonyl (C=O) groups is 1. The van der Waals surface area contributed by atoms with Crippen LogP contribution in [0, 0.1) is 5.92 Å². The minimum absolute atomic E-state index is 0.0501. The number of carbonyl (C=O) groups excluding carboxylic acids is 1. The fourth-order valence-corrected chi connectivity index (χ4v) is 3.58. The summed E-state index contributed by atoms with van der Waals surface area (Å²) in [5.41, 5.74) is 3.22. The number of aromatic amines is 1. The largest absolute Gasteiger partial charge is 0.454 e. The quantitative estimate of drug-likeness (QED) is 0.660. The molecule has 0 spiro atoms. The molecule has 0 saturated carbocycles. The average molecular weight is 378 g/mol. The summed E-state index contributed by atoms with van der Waals surface area (Å²) in [4.78, 5) is 16.2. The molecule has 2 aromatic carbocycles. The molecule has 0 bridgehead atoms. The van der Waals surface area contributed by atoms with Gasteiger partial charge in [-0.05, 0) is 42.2 Å². The molecule has 2 N–H and O–H groups in total. The zero-order valence-corrected chi connectivity index (χ0v) is 16.5. The summed E-state index contributed by atoms with van der Waals surface area (Å²) in [6.45, 7) is 6.51. The van der Waals surface area contributed by atoms with E-state index < -0.39 is 0 Å². The number of aromatic nitrogens is 1. The molecule has 4 rings (SSSR count). The highest BCUT2D eigenvalue weighted by atomic mass is 16.7. The maximum Gasteiger partial charge on any atom is 0.231 e. The van der Waals surface area contributed by atoms with E-state index in [1.165, 1.54) is 0 Å². The SMILES string of the molecule is CC(C)[C@@H](C)NC(=O)C[C@H](c1ccc2c(c1)OCO2)c1c[nH]c2ccccc12. The van der Waals surface area contributed by atoms with Crippen molar-refractivity contribution in [2.24, 2.45) is 5.92 Å². The molecule has 146 valence electrons. The molecular weight excluding hydrogens is 352 g/mol. The van der Waals surface area contributed by atoms with Crippen molar-refractivity contribution in [1.29, 1.82) is 0 Å². The minimum atomic E-state index is -0.0787. The Morgan fingerprint density at radius 2 is 1.89 bits per heavy atom. The molecule has 5 heteroatoms. The lowest BCUT2D eigenvalue weighted by Crippen LogP contribution is -2.36. The van der Waals surface area contributed by atoms with Gasteiger partial charge in [0.05, 0.1) is 0 Å². The van der Waals surface area contributed by atoms with Crippen LogP contribution < -0.4 is 14.8 Å². The summed E-state index contributed by atoms with van der Waals surface area (Å²) in [6, 6.07) is 14.3. The van der Waals surface area contributed by atoms with Gasteiger partial charge in [0.1, 0.15) is 0 Å². The highest BCUT2D eigenvalue weighted by Gasteiger charge is 2.25. The number of ether oxygens (including phenoxy) is 2. The third-order valence-electron chi connectivity index (χ3n) is 5.57. The number of H-pyrrole nitrogens is 1. The van der Waals surface area contributed by atoms with Crippen molar-refractivity contribution in [1.82, 2.24) is 10.3 Å². The second kappa shape index (κ2) is 7.58. The number of benzene rings is 2. The molecule has 28 heavy (non-hydrogen) atoms. The van der Waals surface area contributed by atoms with Crippen molar-refractivity contribution in [3.05, 3.63) is 59.8 Å². The van der Waals surface area contributed by atoms with E-state index in [9.17, 15) is 4.79 Å². The van der Waals surface area contributed by atoms with Crippen LogP contribution in [0.1, 0.15) is 44.2 Å². The molecular formula is C23H26N2O3. The van der Waals surface area contributed by atoms with Crippen LogP contribution >= 0.6 is 0 Å². The van der Waals surface area contributed by atoms with E-state index in [0.29, 0.717) is 12.3 Å². The van der Waals surface area contributed by atoms with E-state index >= 15 is 0 Å². The summed E-state index contributed by atoms with van der Waals surface area (Å²) in [5.74, 6) is 1.85. The molecule has 1 amide bonds. The lowest BCUT2D eigenvalue weighted by Gasteiger charge is -2.21. The van der Waals surface area contributed by atoms with Gasteiger partial charge in [-0.2, -0.15) is 0 Å². The zero-order valence-electron chi connectivity index (χ0n) is 16.5. The van der Waals surface area contributed by atoms with Gasteiger partial charge in [0.15, 0.2) is 11.5 Å². The molecule has 5 nitrogen and oxygen atoms in total. The number of hydrogen-bond donors (Lipinski definition) is 2. The van der Waals surface area contributed by atoms with Gasteiger partial charge >= 0.3 is 0 Å². The Kier molecular flexibility index (Phi) is 4.99. The van der Waals surface area contributed by atoms with Crippen molar-refractivity contribution in [2.45, 2.75) is 39.2 Å². The van der Waals surface area contributed by atoms with Gasteiger partial charge in [0, 0.05) is 35.5 Å². The highest BCUT2D eigenvalue weighted by Crippen LogP contribution is 2.39. The van der Waals surface area contributed by atoms with E-state index in [2.05, 4.69) is 36.3 Å². The van der Waals surface area contributed by atoms with Gasteiger partial charge in [-0.1, -0.05) is 38.1 Å². The van der Waals surface area contributed by atoms with Gasteiger partial charge in [-0.15, -0.1) is 0 Å². The third kappa shape index (κ3) is 3.57. The van der Waals surface area contributed by atoms with Crippen LogP contribution in [-0.4, -0.2) is 23.7 Å². The van der Waals surface area contributed by atoms with E-state index in [0.717, 1.165) is 33.5 Å². The molecule has 0 unspecified atom stereocenters. The maximum absolute atomic E-state index is 12.8. The second-order valence-electron chi connectivity index (χ2n) is 7.76. The van der Waals surface area contributed by atoms with Gasteiger partial charge in [-0.3, -0.25) is 4.79 Å². The van der Waals surface area contributed by atoms with Crippen LogP contribution in [-0.2, 0) is 4.79 Å². The second-order valence-corrected chi connectivity index (χ2v) is 7.76. The predicted octanol–water partition coefficient (Wildman–Crippen LogP) is 4.58. The molecule has 1 aliphatic rings. The number of para-hydroxylation sites is 1. The Morgan fingerprint density at radius 1 is 1.11 bits per heavy atom. The van der Waals surface area contributed by atoms with E-state index in [4.69, 9.17) is 9.47 Å². The number of rotatable bonds is 6. The molecule has 0 radical (unpaired) electrons. The summed E-state index contributed by atoms with van der Waals surface area (Å²) in [7, 11) is 0. The van der Waals surface area contributed by atoms with Crippen molar-refractivity contribution in [3.8, 4) is 11.5 Å². The Labute approximate surface area is 165 Å². The van der Waals surface area contributed by atoms with Gasteiger partial charge < -0.3 is 19.8 Å². The Bertz CT molecular complexity index is 992. The fourth-order valence-electron chi connectivity index (χ4n) is 3.58. The van der Waals surface area contributed by atoms with Crippen molar-refractivity contribution in [3.63, 3.8) is 0 Å².